The standard InChI is InChI=1S/C13H14N2OS/c16-10-7-5-9(6-8-10)14-13-15-11-3-1-2-4-12(11)17-13/h1-4,9H,5-8H2,(H,14,15). The Balaban J connectivity index is 1.74. The number of Topliss-reactive ketones (excluding diaryl/α,β-unsaturated/α-hetero) is 1. The molecule has 0 spiro atoms. The summed E-state index contributed by atoms with van der Waals surface area (Å²) >= 11 is 1.68. The largest absolute Gasteiger partial charge is 0.359 e. The van der Waals surface area contributed by atoms with Gasteiger partial charge >= 0.3 is 0 Å². The van der Waals surface area contributed by atoms with Gasteiger partial charge < -0.3 is 5.32 Å². The minimum Gasteiger partial charge on any atom is -0.359 e. The van der Waals surface area contributed by atoms with Gasteiger partial charge in [-0.1, -0.05) is 23.5 Å². The lowest BCUT2D eigenvalue weighted by Crippen LogP contribution is -2.25. The van der Waals surface area contributed by atoms with Gasteiger partial charge in [-0.25, -0.2) is 4.98 Å². The first-order chi connectivity index (χ1) is 8.31. The number of fused-ring (bicyclic) bond motifs is 1. The molecule has 1 fully saturated rings. The van der Waals surface area contributed by atoms with Crippen LogP contribution in [-0.2, 0) is 4.79 Å². The second-order valence-corrected chi connectivity index (χ2v) is 5.47. The summed E-state index contributed by atoms with van der Waals surface area (Å²) in [6.07, 6.45) is 3.30. The molecule has 4 heteroatoms. The maximum atomic E-state index is 11.2. The van der Waals surface area contributed by atoms with Crippen LogP contribution in [0.3, 0.4) is 0 Å². The first-order valence-corrected chi connectivity index (χ1v) is 6.77. The number of anilines is 1. The predicted octanol–water partition coefficient (Wildman–Crippen LogP) is 3.22. The number of thiazole rings is 1. The van der Waals surface area contributed by atoms with Gasteiger partial charge in [0.15, 0.2) is 5.13 Å². The van der Waals surface area contributed by atoms with E-state index in [-0.39, 0.29) is 0 Å². The van der Waals surface area contributed by atoms with Gasteiger partial charge in [-0.3, -0.25) is 4.79 Å². The minimum atomic E-state index is 0.396. The van der Waals surface area contributed by atoms with Crippen molar-refractivity contribution in [2.24, 2.45) is 0 Å². The van der Waals surface area contributed by atoms with E-state index in [0.29, 0.717) is 24.7 Å². The number of carbonyl (C=O) groups is 1. The van der Waals surface area contributed by atoms with Crippen LogP contribution < -0.4 is 5.32 Å². The van der Waals surface area contributed by atoms with E-state index in [2.05, 4.69) is 16.4 Å². The van der Waals surface area contributed by atoms with Crippen LogP contribution in [0.2, 0.25) is 0 Å². The number of nitrogens with one attached hydrogen (secondary N) is 1. The second kappa shape index (κ2) is 4.45. The zero-order valence-corrected chi connectivity index (χ0v) is 10.3. The van der Waals surface area contributed by atoms with Crippen LogP contribution >= 0.6 is 11.3 Å². The molecule has 0 aliphatic heterocycles. The van der Waals surface area contributed by atoms with E-state index in [1.807, 2.05) is 18.2 Å². The summed E-state index contributed by atoms with van der Waals surface area (Å²) in [6, 6.07) is 8.56. The molecule has 1 aliphatic rings. The van der Waals surface area contributed by atoms with E-state index in [4.69, 9.17) is 0 Å². The van der Waals surface area contributed by atoms with Crippen LogP contribution in [0.5, 0.6) is 0 Å². The fraction of sp³-hybridized carbons (Fsp3) is 0.385. The number of hydrogen-bond donors (Lipinski definition) is 1. The summed E-state index contributed by atoms with van der Waals surface area (Å²) in [5.74, 6) is 0.396. The Morgan fingerprint density at radius 3 is 2.76 bits per heavy atom. The molecule has 1 aromatic heterocycles. The van der Waals surface area contributed by atoms with Crippen molar-refractivity contribution in [3.05, 3.63) is 24.3 Å². The molecule has 0 amide bonds. The number of ketones is 1. The average Bonchev–Trinajstić information content (AvgIpc) is 2.74. The quantitative estimate of drug-likeness (QED) is 0.884. The van der Waals surface area contributed by atoms with E-state index in [0.717, 1.165) is 23.5 Å². The van der Waals surface area contributed by atoms with Gasteiger partial charge in [-0.05, 0) is 25.0 Å². The van der Waals surface area contributed by atoms with Gasteiger partial charge in [0.05, 0.1) is 10.2 Å². The Labute approximate surface area is 104 Å². The molecule has 0 bridgehead atoms. The molecule has 88 valence electrons. The molecule has 1 aliphatic carbocycles. The van der Waals surface area contributed by atoms with Crippen molar-refractivity contribution in [3.8, 4) is 0 Å². The van der Waals surface area contributed by atoms with Crippen molar-refractivity contribution in [2.45, 2.75) is 31.7 Å². The van der Waals surface area contributed by atoms with Crippen molar-refractivity contribution in [3.63, 3.8) is 0 Å². The normalized spacial score (nSPS) is 17.5. The van der Waals surface area contributed by atoms with Gasteiger partial charge in [-0.15, -0.1) is 0 Å². The van der Waals surface area contributed by atoms with Crippen LogP contribution in [0.1, 0.15) is 25.7 Å². The number of aromatic nitrogens is 1. The third-order valence-electron chi connectivity index (χ3n) is 3.16. The highest BCUT2D eigenvalue weighted by molar-refractivity contribution is 7.22. The van der Waals surface area contributed by atoms with Crippen molar-refractivity contribution >= 4 is 32.5 Å². The molecule has 1 aromatic carbocycles. The van der Waals surface area contributed by atoms with Crippen LogP contribution in [-0.4, -0.2) is 16.8 Å². The van der Waals surface area contributed by atoms with Gasteiger partial charge in [0.25, 0.3) is 0 Å². The lowest BCUT2D eigenvalue weighted by Gasteiger charge is -2.21. The zero-order valence-electron chi connectivity index (χ0n) is 9.48. The predicted molar refractivity (Wildman–Crippen MR) is 70.5 cm³/mol. The van der Waals surface area contributed by atoms with Gasteiger partial charge in [0, 0.05) is 18.9 Å². The highest BCUT2D eigenvalue weighted by Crippen LogP contribution is 2.28. The molecule has 1 N–H and O–H groups in total. The maximum absolute atomic E-state index is 11.2. The van der Waals surface area contributed by atoms with Crippen molar-refractivity contribution in [2.75, 3.05) is 5.32 Å². The second-order valence-electron chi connectivity index (χ2n) is 4.44. The molecule has 0 saturated heterocycles. The summed E-state index contributed by atoms with van der Waals surface area (Å²) in [5, 5.41) is 4.42. The van der Waals surface area contributed by atoms with E-state index < -0.39 is 0 Å². The Bertz CT molecular complexity index is 506. The average molecular weight is 246 g/mol. The molecule has 2 aromatic rings. The summed E-state index contributed by atoms with van der Waals surface area (Å²) in [5.41, 5.74) is 1.05. The number of hydrogen-bond acceptors (Lipinski definition) is 4. The Morgan fingerprint density at radius 2 is 2.00 bits per heavy atom. The lowest BCUT2D eigenvalue weighted by atomic mass is 9.95. The highest BCUT2D eigenvalue weighted by atomic mass is 32.1. The van der Waals surface area contributed by atoms with E-state index in [9.17, 15) is 4.79 Å². The molecule has 0 unspecified atom stereocenters. The Morgan fingerprint density at radius 1 is 1.24 bits per heavy atom. The van der Waals surface area contributed by atoms with Gasteiger partial charge in [-0.2, -0.15) is 0 Å². The number of benzene rings is 1. The molecule has 1 saturated carbocycles. The molecular formula is C13H14N2OS. The van der Waals surface area contributed by atoms with Crippen LogP contribution in [0.4, 0.5) is 5.13 Å². The fourth-order valence-corrected chi connectivity index (χ4v) is 3.14. The summed E-state index contributed by atoms with van der Waals surface area (Å²) in [6.45, 7) is 0. The number of carbonyl (C=O) groups excluding carboxylic acids is 1. The van der Waals surface area contributed by atoms with E-state index >= 15 is 0 Å². The summed E-state index contributed by atoms with van der Waals surface area (Å²) < 4.78 is 1.21. The van der Waals surface area contributed by atoms with Crippen molar-refractivity contribution < 1.29 is 4.79 Å². The third-order valence-corrected chi connectivity index (χ3v) is 4.13. The van der Waals surface area contributed by atoms with Crippen molar-refractivity contribution in [1.29, 1.82) is 0 Å². The van der Waals surface area contributed by atoms with Crippen molar-refractivity contribution in [1.82, 2.24) is 4.98 Å². The number of rotatable bonds is 2. The third kappa shape index (κ3) is 2.31. The Kier molecular flexibility index (Phi) is 2.81. The first kappa shape index (κ1) is 10.7. The van der Waals surface area contributed by atoms with Crippen LogP contribution in [0, 0.1) is 0 Å². The van der Waals surface area contributed by atoms with Gasteiger partial charge in [0.2, 0.25) is 0 Å². The molecule has 17 heavy (non-hydrogen) atoms. The number of para-hydroxylation sites is 1. The van der Waals surface area contributed by atoms with E-state index in [1.54, 1.807) is 11.3 Å². The van der Waals surface area contributed by atoms with Crippen LogP contribution in [0.15, 0.2) is 24.3 Å². The highest BCUT2D eigenvalue weighted by Gasteiger charge is 2.19. The molecule has 3 nitrogen and oxygen atoms in total. The zero-order chi connectivity index (χ0) is 11.7. The van der Waals surface area contributed by atoms with E-state index in [1.165, 1.54) is 4.70 Å². The SMILES string of the molecule is O=C1CCC(Nc2nc3ccccc3s2)CC1. The molecule has 0 atom stereocenters. The van der Waals surface area contributed by atoms with Gasteiger partial charge in [0.1, 0.15) is 5.78 Å². The maximum Gasteiger partial charge on any atom is 0.184 e. The molecule has 3 rings (SSSR count). The Hall–Kier alpha value is -1.42. The smallest absolute Gasteiger partial charge is 0.184 e. The van der Waals surface area contributed by atoms with Crippen LogP contribution in [0.25, 0.3) is 10.2 Å². The molecule has 0 radical (unpaired) electrons. The number of nitrogens with zero attached hydrogens (tertiary/aromatic N) is 1. The molecule has 1 heterocycles. The summed E-state index contributed by atoms with van der Waals surface area (Å²) in [4.78, 5) is 15.7. The lowest BCUT2D eigenvalue weighted by molar-refractivity contribution is -0.120. The monoisotopic (exact) mass is 246 g/mol. The minimum absolute atomic E-state index is 0.396. The first-order valence-electron chi connectivity index (χ1n) is 5.95. The molecular weight excluding hydrogens is 232 g/mol. The topological polar surface area (TPSA) is 42.0 Å². The fourth-order valence-electron chi connectivity index (χ4n) is 2.19. The summed E-state index contributed by atoms with van der Waals surface area (Å²) in [7, 11) is 0.